The van der Waals surface area contributed by atoms with Crippen LogP contribution in [0.1, 0.15) is 41.3 Å². The van der Waals surface area contributed by atoms with Gasteiger partial charge in [0.05, 0.1) is 6.54 Å². The predicted molar refractivity (Wildman–Crippen MR) is 94.0 cm³/mol. The van der Waals surface area contributed by atoms with Gasteiger partial charge in [0.15, 0.2) is 0 Å². The number of para-hydroxylation sites is 1. The fourth-order valence-corrected chi connectivity index (χ4v) is 2.39. The molecule has 1 amide bonds. The zero-order chi connectivity index (χ0) is 16.8. The van der Waals surface area contributed by atoms with Gasteiger partial charge in [-0.15, -0.1) is 0 Å². The van der Waals surface area contributed by atoms with E-state index in [9.17, 15) is 4.79 Å². The molecule has 2 aromatic carbocycles. The number of nitrogens with two attached hydrogens (primary N) is 1. The Labute approximate surface area is 137 Å². The van der Waals surface area contributed by atoms with Gasteiger partial charge in [-0.1, -0.05) is 38.1 Å². The Balaban J connectivity index is 1.88. The van der Waals surface area contributed by atoms with E-state index in [0.29, 0.717) is 30.3 Å². The number of carbonyl (C=O) groups excluding carboxylic acids is 1. The van der Waals surface area contributed by atoms with E-state index in [1.165, 1.54) is 5.56 Å². The van der Waals surface area contributed by atoms with E-state index in [0.717, 1.165) is 11.3 Å². The van der Waals surface area contributed by atoms with Crippen LogP contribution in [0.4, 0.5) is 5.69 Å². The first kappa shape index (κ1) is 16.9. The van der Waals surface area contributed by atoms with Crippen molar-refractivity contribution >= 4 is 11.6 Å². The number of carbonyl (C=O) groups is 1. The molecule has 0 aromatic heterocycles. The molecule has 0 fully saturated rings. The molecular formula is C19H24N2O2. The summed E-state index contributed by atoms with van der Waals surface area (Å²) in [5.41, 5.74) is 9.00. The number of nitrogens with one attached hydrogen (secondary N) is 1. The van der Waals surface area contributed by atoms with Crippen LogP contribution in [0.2, 0.25) is 0 Å². The van der Waals surface area contributed by atoms with Crippen LogP contribution < -0.4 is 15.8 Å². The number of aryl methyl sites for hydroxylation is 1. The van der Waals surface area contributed by atoms with Crippen molar-refractivity contribution in [2.75, 3.05) is 18.9 Å². The van der Waals surface area contributed by atoms with Crippen molar-refractivity contribution in [1.82, 2.24) is 5.32 Å². The molecule has 4 nitrogen and oxygen atoms in total. The highest BCUT2D eigenvalue weighted by atomic mass is 16.5. The Morgan fingerprint density at radius 2 is 1.96 bits per heavy atom. The van der Waals surface area contributed by atoms with Crippen molar-refractivity contribution in [1.29, 1.82) is 0 Å². The molecule has 4 heteroatoms. The summed E-state index contributed by atoms with van der Waals surface area (Å²) in [6.45, 7) is 7.03. The number of hydrogen-bond donors (Lipinski definition) is 2. The standard InChI is InChI=1S/C19H24N2O2/c1-13(2)16-6-4-5-7-18(16)23-11-10-21-19(22)17-12-15(20)9-8-14(17)3/h4-9,12-13H,10-11,20H2,1-3H3,(H,21,22). The first-order valence-electron chi connectivity index (χ1n) is 7.85. The van der Waals surface area contributed by atoms with Gasteiger partial charge < -0.3 is 15.8 Å². The second-order valence-corrected chi connectivity index (χ2v) is 5.87. The summed E-state index contributed by atoms with van der Waals surface area (Å²) in [6.07, 6.45) is 0. The lowest BCUT2D eigenvalue weighted by Gasteiger charge is -2.14. The third-order valence-corrected chi connectivity index (χ3v) is 3.69. The predicted octanol–water partition coefficient (Wildman–Crippen LogP) is 3.51. The third kappa shape index (κ3) is 4.49. The lowest BCUT2D eigenvalue weighted by atomic mass is 10.0. The minimum absolute atomic E-state index is 0.129. The minimum Gasteiger partial charge on any atom is -0.491 e. The maximum atomic E-state index is 12.2. The Morgan fingerprint density at radius 1 is 1.22 bits per heavy atom. The smallest absolute Gasteiger partial charge is 0.251 e. The van der Waals surface area contributed by atoms with E-state index >= 15 is 0 Å². The van der Waals surface area contributed by atoms with Crippen molar-refractivity contribution in [3.63, 3.8) is 0 Å². The summed E-state index contributed by atoms with van der Waals surface area (Å²) in [5.74, 6) is 1.14. The average Bonchev–Trinajstić information content (AvgIpc) is 2.53. The first-order chi connectivity index (χ1) is 11.0. The van der Waals surface area contributed by atoms with Crippen LogP contribution >= 0.6 is 0 Å². The molecular weight excluding hydrogens is 288 g/mol. The first-order valence-corrected chi connectivity index (χ1v) is 7.85. The third-order valence-electron chi connectivity index (χ3n) is 3.69. The van der Waals surface area contributed by atoms with Crippen LogP contribution in [0.3, 0.4) is 0 Å². The highest BCUT2D eigenvalue weighted by Gasteiger charge is 2.10. The molecule has 0 aliphatic heterocycles. The van der Waals surface area contributed by atoms with Crippen LogP contribution in [0.25, 0.3) is 0 Å². The number of amides is 1. The van der Waals surface area contributed by atoms with Crippen molar-refractivity contribution < 1.29 is 9.53 Å². The van der Waals surface area contributed by atoms with Crippen molar-refractivity contribution in [3.8, 4) is 5.75 Å². The number of anilines is 1. The average molecular weight is 312 g/mol. The fraction of sp³-hybridized carbons (Fsp3) is 0.316. The van der Waals surface area contributed by atoms with E-state index in [4.69, 9.17) is 10.5 Å². The highest BCUT2D eigenvalue weighted by Crippen LogP contribution is 2.25. The maximum Gasteiger partial charge on any atom is 0.251 e. The highest BCUT2D eigenvalue weighted by molar-refractivity contribution is 5.96. The molecule has 122 valence electrons. The summed E-state index contributed by atoms with van der Waals surface area (Å²) >= 11 is 0. The Bertz CT molecular complexity index is 681. The van der Waals surface area contributed by atoms with Gasteiger partial charge in [-0.2, -0.15) is 0 Å². The number of hydrogen-bond acceptors (Lipinski definition) is 3. The van der Waals surface area contributed by atoms with E-state index in [-0.39, 0.29) is 5.91 Å². The summed E-state index contributed by atoms with van der Waals surface area (Å²) in [5, 5.41) is 2.87. The molecule has 0 spiro atoms. The number of rotatable bonds is 6. The lowest BCUT2D eigenvalue weighted by molar-refractivity contribution is 0.0946. The summed E-state index contributed by atoms with van der Waals surface area (Å²) in [6, 6.07) is 13.3. The molecule has 2 rings (SSSR count). The van der Waals surface area contributed by atoms with Crippen LogP contribution in [0.15, 0.2) is 42.5 Å². The normalized spacial score (nSPS) is 10.6. The summed E-state index contributed by atoms with van der Waals surface area (Å²) in [4.78, 5) is 12.2. The van der Waals surface area contributed by atoms with E-state index in [1.54, 1.807) is 12.1 Å². The largest absolute Gasteiger partial charge is 0.491 e. The van der Waals surface area contributed by atoms with E-state index < -0.39 is 0 Å². The molecule has 0 aliphatic carbocycles. The molecule has 0 atom stereocenters. The van der Waals surface area contributed by atoms with Crippen molar-refractivity contribution in [2.24, 2.45) is 0 Å². The van der Waals surface area contributed by atoms with Gasteiger partial charge in [-0.3, -0.25) is 4.79 Å². The van der Waals surface area contributed by atoms with Crippen LogP contribution in [-0.2, 0) is 0 Å². The minimum atomic E-state index is -0.129. The van der Waals surface area contributed by atoms with E-state index in [2.05, 4.69) is 25.2 Å². The Kier molecular flexibility index (Phi) is 5.63. The molecule has 0 heterocycles. The Morgan fingerprint density at radius 3 is 2.70 bits per heavy atom. The number of nitrogen functional groups attached to an aromatic ring is 1. The fourth-order valence-electron chi connectivity index (χ4n) is 2.39. The van der Waals surface area contributed by atoms with E-state index in [1.807, 2.05) is 31.2 Å². The molecule has 0 saturated heterocycles. The second kappa shape index (κ2) is 7.68. The second-order valence-electron chi connectivity index (χ2n) is 5.87. The maximum absolute atomic E-state index is 12.2. The molecule has 2 aromatic rings. The van der Waals surface area contributed by atoms with Gasteiger partial charge in [0.25, 0.3) is 5.91 Å². The molecule has 0 bridgehead atoms. The summed E-state index contributed by atoms with van der Waals surface area (Å²) < 4.78 is 5.80. The molecule has 0 unspecified atom stereocenters. The van der Waals surface area contributed by atoms with Gasteiger partial charge in [-0.25, -0.2) is 0 Å². The zero-order valence-corrected chi connectivity index (χ0v) is 13.9. The number of benzene rings is 2. The summed E-state index contributed by atoms with van der Waals surface area (Å²) in [7, 11) is 0. The van der Waals surface area contributed by atoms with Crippen LogP contribution in [0, 0.1) is 6.92 Å². The van der Waals surface area contributed by atoms with Gasteiger partial charge in [0.1, 0.15) is 12.4 Å². The van der Waals surface area contributed by atoms with Gasteiger partial charge in [0.2, 0.25) is 0 Å². The monoisotopic (exact) mass is 312 g/mol. The number of ether oxygens (including phenoxy) is 1. The van der Waals surface area contributed by atoms with Crippen molar-refractivity contribution in [2.45, 2.75) is 26.7 Å². The topological polar surface area (TPSA) is 64.4 Å². The van der Waals surface area contributed by atoms with Gasteiger partial charge in [0, 0.05) is 11.3 Å². The molecule has 0 aliphatic rings. The van der Waals surface area contributed by atoms with Crippen LogP contribution in [-0.4, -0.2) is 19.1 Å². The Hall–Kier alpha value is -2.49. The lowest BCUT2D eigenvalue weighted by Crippen LogP contribution is -2.28. The van der Waals surface area contributed by atoms with Crippen molar-refractivity contribution in [3.05, 3.63) is 59.2 Å². The SMILES string of the molecule is Cc1ccc(N)cc1C(=O)NCCOc1ccccc1C(C)C. The quantitative estimate of drug-likeness (QED) is 0.634. The van der Waals surface area contributed by atoms with Crippen LogP contribution in [0.5, 0.6) is 5.75 Å². The zero-order valence-electron chi connectivity index (χ0n) is 13.9. The molecule has 0 radical (unpaired) electrons. The molecule has 23 heavy (non-hydrogen) atoms. The molecule has 3 N–H and O–H groups in total. The molecule has 0 saturated carbocycles. The van der Waals surface area contributed by atoms with Gasteiger partial charge in [-0.05, 0) is 42.2 Å². The van der Waals surface area contributed by atoms with Gasteiger partial charge >= 0.3 is 0 Å².